The number of carbonyl (C=O) groups is 2. The molecule has 3 N–H and O–H groups in total. The van der Waals surface area contributed by atoms with Gasteiger partial charge in [-0.3, -0.25) is 5.32 Å². The minimum Gasteiger partial charge on any atom is -0.462 e. The Kier molecular flexibility index (Phi) is 5.14. The molecule has 0 spiro atoms. The first-order chi connectivity index (χ1) is 9.70. The molecule has 0 unspecified atom stereocenters. The lowest BCUT2D eigenvalue weighted by molar-refractivity contribution is -0.268. The highest BCUT2D eigenvalue weighted by molar-refractivity contribution is 5.93. The number of ether oxygens (including phenoxy) is 1. The van der Waals surface area contributed by atoms with E-state index in [4.69, 9.17) is 0 Å². The van der Waals surface area contributed by atoms with Crippen molar-refractivity contribution < 1.29 is 32.6 Å². The van der Waals surface area contributed by atoms with Gasteiger partial charge >= 0.3 is 23.9 Å². The summed E-state index contributed by atoms with van der Waals surface area (Å²) in [7, 11) is 0. The van der Waals surface area contributed by atoms with Crippen LogP contribution < -0.4 is 10.6 Å². The van der Waals surface area contributed by atoms with E-state index in [0.717, 1.165) is 0 Å². The number of anilines is 1. The van der Waals surface area contributed by atoms with Crippen molar-refractivity contribution in [2.45, 2.75) is 18.8 Å². The van der Waals surface area contributed by atoms with Crippen LogP contribution in [0.5, 0.6) is 0 Å². The van der Waals surface area contributed by atoms with Gasteiger partial charge in [0.2, 0.25) is 0 Å². The number of esters is 1. The molecule has 0 aromatic heterocycles. The van der Waals surface area contributed by atoms with E-state index in [1.54, 1.807) is 6.07 Å². The van der Waals surface area contributed by atoms with Gasteiger partial charge in [-0.15, -0.1) is 0 Å². The molecule has 9 heteroatoms. The van der Waals surface area contributed by atoms with Crippen LogP contribution in [0.4, 0.5) is 23.7 Å². The van der Waals surface area contributed by atoms with Crippen LogP contribution in [0.15, 0.2) is 30.3 Å². The molecule has 0 radical (unpaired) electrons. The summed E-state index contributed by atoms with van der Waals surface area (Å²) in [5, 5.41) is 12.6. The molecule has 0 saturated carbocycles. The molecule has 1 atom stereocenters. The Morgan fingerprint density at radius 3 is 2.29 bits per heavy atom. The van der Waals surface area contributed by atoms with Crippen LogP contribution in [-0.4, -0.2) is 35.6 Å². The van der Waals surface area contributed by atoms with Gasteiger partial charge in [0.1, 0.15) is 0 Å². The van der Waals surface area contributed by atoms with Crippen LogP contribution in [0.1, 0.15) is 6.92 Å². The molecule has 0 fully saturated rings. The highest BCUT2D eigenvalue weighted by atomic mass is 19.4. The zero-order valence-electron chi connectivity index (χ0n) is 10.9. The van der Waals surface area contributed by atoms with Crippen molar-refractivity contribution in [1.29, 1.82) is 0 Å². The number of alkyl halides is 3. The van der Waals surface area contributed by atoms with E-state index in [9.17, 15) is 27.9 Å². The summed E-state index contributed by atoms with van der Waals surface area (Å²) >= 11 is 0. The maximum Gasteiger partial charge on any atom is 0.448 e. The molecule has 0 aliphatic heterocycles. The highest BCUT2D eigenvalue weighted by Crippen LogP contribution is 2.29. The smallest absolute Gasteiger partial charge is 0.448 e. The quantitative estimate of drug-likeness (QED) is 0.583. The predicted molar refractivity (Wildman–Crippen MR) is 66.2 cm³/mol. The molecule has 116 valence electrons. The predicted octanol–water partition coefficient (Wildman–Crippen LogP) is 1.62. The van der Waals surface area contributed by atoms with Crippen LogP contribution in [0.2, 0.25) is 0 Å². The molecular weight excluding hydrogens is 293 g/mol. The number of hydrogen-bond donors (Lipinski definition) is 3. The number of hydrogen-bond acceptors (Lipinski definition) is 4. The molecule has 0 aliphatic carbocycles. The SMILES string of the molecule is CCOC(=O)[C@](O)(NC(=O)Nc1ccccc1)C(F)(F)F. The van der Waals surface area contributed by atoms with Crippen LogP contribution in [0, 0.1) is 0 Å². The average Bonchev–Trinajstić information content (AvgIpc) is 2.38. The lowest BCUT2D eigenvalue weighted by Crippen LogP contribution is -2.65. The van der Waals surface area contributed by atoms with Gasteiger partial charge in [-0.2, -0.15) is 13.2 Å². The van der Waals surface area contributed by atoms with Crippen molar-refractivity contribution in [3.63, 3.8) is 0 Å². The number of aliphatic hydroxyl groups is 1. The van der Waals surface area contributed by atoms with Crippen LogP contribution >= 0.6 is 0 Å². The first kappa shape index (κ1) is 16.8. The number of benzene rings is 1. The molecule has 0 aliphatic rings. The summed E-state index contributed by atoms with van der Waals surface area (Å²) in [6.07, 6.45) is -5.44. The van der Waals surface area contributed by atoms with E-state index in [2.05, 4.69) is 4.74 Å². The van der Waals surface area contributed by atoms with Crippen LogP contribution in [0.3, 0.4) is 0 Å². The lowest BCUT2D eigenvalue weighted by atomic mass is 10.2. The van der Waals surface area contributed by atoms with E-state index in [0.29, 0.717) is 0 Å². The van der Waals surface area contributed by atoms with Crippen molar-refractivity contribution in [3.05, 3.63) is 30.3 Å². The van der Waals surface area contributed by atoms with E-state index in [1.807, 2.05) is 5.32 Å². The van der Waals surface area contributed by atoms with Crippen LogP contribution in [-0.2, 0) is 9.53 Å². The highest BCUT2D eigenvalue weighted by Gasteiger charge is 2.62. The Labute approximate surface area is 117 Å². The minimum absolute atomic E-state index is 0.184. The number of rotatable bonds is 4. The lowest BCUT2D eigenvalue weighted by Gasteiger charge is -2.28. The Hall–Kier alpha value is -2.29. The van der Waals surface area contributed by atoms with Crippen molar-refractivity contribution >= 4 is 17.7 Å². The second-order valence-electron chi connectivity index (χ2n) is 3.87. The first-order valence-electron chi connectivity index (χ1n) is 5.81. The van der Waals surface area contributed by atoms with Crippen LogP contribution in [0.25, 0.3) is 0 Å². The zero-order valence-corrected chi connectivity index (χ0v) is 10.9. The molecule has 1 rings (SSSR count). The van der Waals surface area contributed by atoms with Crippen molar-refractivity contribution in [2.75, 3.05) is 11.9 Å². The van der Waals surface area contributed by atoms with Crippen molar-refractivity contribution in [2.24, 2.45) is 0 Å². The normalized spacial score (nSPS) is 14.0. The largest absolute Gasteiger partial charge is 0.462 e. The Morgan fingerprint density at radius 1 is 1.24 bits per heavy atom. The second-order valence-corrected chi connectivity index (χ2v) is 3.87. The molecule has 2 amide bonds. The van der Waals surface area contributed by atoms with Gasteiger partial charge in [0.05, 0.1) is 6.61 Å². The monoisotopic (exact) mass is 306 g/mol. The van der Waals surface area contributed by atoms with Gasteiger partial charge in [-0.25, -0.2) is 9.59 Å². The van der Waals surface area contributed by atoms with Gasteiger partial charge in [0, 0.05) is 5.69 Å². The summed E-state index contributed by atoms with van der Waals surface area (Å²) in [4.78, 5) is 22.8. The van der Waals surface area contributed by atoms with E-state index >= 15 is 0 Å². The summed E-state index contributed by atoms with van der Waals surface area (Å²) in [5.41, 5.74) is -3.94. The summed E-state index contributed by atoms with van der Waals surface area (Å²) < 4.78 is 42.5. The molecule has 6 nitrogen and oxygen atoms in total. The maximum atomic E-state index is 12.8. The summed E-state index contributed by atoms with van der Waals surface area (Å²) in [6.45, 7) is 0.873. The standard InChI is InChI=1S/C12H13F3N2O4/c1-2-21-9(18)11(20,12(13,14)15)17-10(19)16-8-6-4-3-5-7-8/h3-7,20H,2H2,1H3,(H2,16,17,19)/t11-/m1/s1. The third kappa shape index (κ3) is 4.09. The molecule has 1 aromatic carbocycles. The summed E-state index contributed by atoms with van der Waals surface area (Å²) in [5.74, 6) is -2.01. The van der Waals surface area contributed by atoms with Gasteiger partial charge < -0.3 is 15.2 Å². The number of para-hydroxylation sites is 1. The number of carbonyl (C=O) groups excluding carboxylic acids is 2. The molecule has 1 aromatic rings. The fraction of sp³-hybridized carbons (Fsp3) is 0.333. The first-order valence-corrected chi connectivity index (χ1v) is 5.81. The Morgan fingerprint density at radius 2 is 1.81 bits per heavy atom. The molecule has 0 saturated heterocycles. The van der Waals surface area contributed by atoms with Gasteiger partial charge in [0.15, 0.2) is 0 Å². The van der Waals surface area contributed by atoms with E-state index in [1.165, 1.54) is 36.5 Å². The number of urea groups is 1. The molecule has 21 heavy (non-hydrogen) atoms. The fourth-order valence-corrected chi connectivity index (χ4v) is 1.32. The maximum absolute atomic E-state index is 12.8. The number of nitrogens with one attached hydrogen (secondary N) is 2. The Bertz CT molecular complexity index is 507. The van der Waals surface area contributed by atoms with Gasteiger partial charge in [-0.1, -0.05) is 18.2 Å². The van der Waals surface area contributed by atoms with Crippen molar-refractivity contribution in [1.82, 2.24) is 5.32 Å². The van der Waals surface area contributed by atoms with Gasteiger partial charge in [-0.05, 0) is 19.1 Å². The average molecular weight is 306 g/mol. The third-order valence-corrected chi connectivity index (χ3v) is 2.31. The summed E-state index contributed by atoms with van der Waals surface area (Å²) in [6, 6.07) is 6.13. The topological polar surface area (TPSA) is 87.7 Å². The van der Waals surface area contributed by atoms with E-state index < -0.39 is 23.9 Å². The van der Waals surface area contributed by atoms with E-state index in [-0.39, 0.29) is 12.3 Å². The fourth-order valence-electron chi connectivity index (χ4n) is 1.32. The molecule has 0 bridgehead atoms. The number of amides is 2. The Balaban J connectivity index is 2.87. The molecular formula is C12H13F3N2O4. The number of halogens is 3. The zero-order chi connectivity index (χ0) is 16.1. The molecule has 0 heterocycles. The third-order valence-electron chi connectivity index (χ3n) is 2.31. The van der Waals surface area contributed by atoms with Gasteiger partial charge in [0.25, 0.3) is 0 Å². The second kappa shape index (κ2) is 6.44. The minimum atomic E-state index is -5.44. The van der Waals surface area contributed by atoms with Crippen molar-refractivity contribution in [3.8, 4) is 0 Å².